The smallest absolute Gasteiger partial charge is 0.332 e. The van der Waals surface area contributed by atoms with E-state index in [9.17, 15) is 0 Å². The number of aromatic nitrogens is 3. The number of hydrogen-bond acceptors (Lipinski definition) is 1. The van der Waals surface area contributed by atoms with Crippen LogP contribution in [-0.2, 0) is 0 Å². The highest BCUT2D eigenvalue weighted by atomic mass is 15.1. The Kier molecular flexibility index (Phi) is 4.41. The molecule has 0 saturated carbocycles. The summed E-state index contributed by atoms with van der Waals surface area (Å²) in [6, 6.07) is 34.0. The fourth-order valence-corrected chi connectivity index (χ4v) is 7.90. The monoisotopic (exact) mass is 525 g/mol. The Bertz CT molecular complexity index is 2360. The molecule has 4 heterocycles. The van der Waals surface area contributed by atoms with Crippen LogP contribution < -0.4 is 10.9 Å². The van der Waals surface area contributed by atoms with E-state index in [4.69, 9.17) is 4.98 Å². The van der Waals surface area contributed by atoms with Gasteiger partial charge >= 0.3 is 6.85 Å². The summed E-state index contributed by atoms with van der Waals surface area (Å²) >= 11 is 0. The quantitative estimate of drug-likeness (QED) is 0.202. The lowest BCUT2D eigenvalue weighted by atomic mass is 9.48. The molecule has 9 rings (SSSR count). The summed E-state index contributed by atoms with van der Waals surface area (Å²) in [7, 11) is 0. The number of aryl methyl sites for hydroxylation is 4. The van der Waals surface area contributed by atoms with Crippen LogP contribution in [0.25, 0.3) is 60.2 Å². The van der Waals surface area contributed by atoms with Crippen molar-refractivity contribution in [2.24, 2.45) is 0 Å². The lowest BCUT2D eigenvalue weighted by molar-refractivity contribution is 1.14. The molecule has 194 valence electrons. The lowest BCUT2D eigenvalue weighted by Gasteiger charge is -2.29. The Morgan fingerprint density at radius 2 is 1.24 bits per heavy atom. The van der Waals surface area contributed by atoms with Crippen LogP contribution in [0.15, 0.2) is 97.2 Å². The fourth-order valence-electron chi connectivity index (χ4n) is 7.90. The van der Waals surface area contributed by atoms with Crippen LogP contribution in [-0.4, -0.2) is 20.9 Å². The van der Waals surface area contributed by atoms with Gasteiger partial charge in [-0.25, -0.2) is 4.98 Å². The van der Waals surface area contributed by atoms with Crippen LogP contribution in [0.2, 0.25) is 0 Å². The van der Waals surface area contributed by atoms with E-state index in [2.05, 4.69) is 128 Å². The average molecular weight is 525 g/mol. The Morgan fingerprint density at radius 1 is 0.585 bits per heavy atom. The predicted molar refractivity (Wildman–Crippen MR) is 175 cm³/mol. The van der Waals surface area contributed by atoms with Crippen molar-refractivity contribution in [3.63, 3.8) is 0 Å². The average Bonchev–Trinajstić information content (AvgIpc) is 3.48. The number of nitrogens with zero attached hydrogens (tertiary/aromatic N) is 3. The van der Waals surface area contributed by atoms with E-state index in [1.54, 1.807) is 0 Å². The van der Waals surface area contributed by atoms with Crippen molar-refractivity contribution in [1.82, 2.24) is 14.0 Å². The van der Waals surface area contributed by atoms with Crippen molar-refractivity contribution in [2.45, 2.75) is 27.7 Å². The summed E-state index contributed by atoms with van der Waals surface area (Å²) in [6.07, 6.45) is 1.92. The van der Waals surface area contributed by atoms with Gasteiger partial charge in [-0.3, -0.25) is 4.57 Å². The molecular weight excluding hydrogens is 497 g/mol. The van der Waals surface area contributed by atoms with Crippen molar-refractivity contribution in [3.05, 3.63) is 119 Å². The molecule has 0 amide bonds. The first-order chi connectivity index (χ1) is 20.0. The SMILES string of the molecule is Cc1cc(C)c2c(c1)c1cc(C)cc(C)c1n2B1c2ccccc2-n2c3ncccc3c3c4ccccc4cc1c32. The number of benzene rings is 5. The second kappa shape index (κ2) is 7.89. The number of hydrogen-bond donors (Lipinski definition) is 0. The molecule has 8 aromatic rings. The van der Waals surface area contributed by atoms with Crippen LogP contribution in [0.1, 0.15) is 22.3 Å². The molecule has 5 aromatic carbocycles. The minimum atomic E-state index is 0.0120. The normalized spacial score (nSPS) is 12.8. The first-order valence-electron chi connectivity index (χ1n) is 14.4. The van der Waals surface area contributed by atoms with Crippen molar-refractivity contribution >= 4 is 72.3 Å². The van der Waals surface area contributed by atoms with E-state index in [-0.39, 0.29) is 6.85 Å². The molecule has 1 aliphatic heterocycles. The van der Waals surface area contributed by atoms with Gasteiger partial charge in [0.2, 0.25) is 0 Å². The third kappa shape index (κ3) is 2.87. The Balaban J connectivity index is 1.57. The van der Waals surface area contributed by atoms with Gasteiger partial charge in [0.05, 0.1) is 5.52 Å². The minimum absolute atomic E-state index is 0.0120. The number of pyridine rings is 1. The zero-order valence-electron chi connectivity index (χ0n) is 23.7. The van der Waals surface area contributed by atoms with Crippen molar-refractivity contribution in [1.29, 1.82) is 0 Å². The summed E-state index contributed by atoms with van der Waals surface area (Å²) in [6.45, 7) is 8.99. The molecule has 0 radical (unpaired) electrons. The van der Waals surface area contributed by atoms with Crippen LogP contribution in [0.4, 0.5) is 0 Å². The topological polar surface area (TPSA) is 22.8 Å². The molecule has 0 saturated heterocycles. The Hall–Kier alpha value is -4.83. The summed E-state index contributed by atoms with van der Waals surface area (Å²) < 4.78 is 5.07. The molecule has 41 heavy (non-hydrogen) atoms. The molecule has 0 N–H and O–H groups in total. The molecule has 0 spiro atoms. The van der Waals surface area contributed by atoms with Gasteiger partial charge in [0.1, 0.15) is 5.65 Å². The first-order valence-corrected chi connectivity index (χ1v) is 14.4. The standard InChI is InChI=1S/C37H28BN3/c1-21-16-23(3)34-28(18-21)29-19-22(2)17-24(4)35(29)41(34)38-30-13-7-8-14-32(30)40-36-31(38)20-25-10-5-6-11-26(25)33(36)27-12-9-15-39-37(27)40/h5-20H,1-4H3. The molecular formula is C37H28BN3. The molecule has 0 fully saturated rings. The zero-order chi connectivity index (χ0) is 27.6. The molecule has 1 aliphatic rings. The van der Waals surface area contributed by atoms with Crippen molar-refractivity contribution in [3.8, 4) is 5.69 Å². The van der Waals surface area contributed by atoms with Gasteiger partial charge in [0.25, 0.3) is 0 Å². The molecule has 0 unspecified atom stereocenters. The summed E-state index contributed by atoms with van der Waals surface area (Å²) in [5, 5.41) is 7.72. The summed E-state index contributed by atoms with van der Waals surface area (Å²) in [4.78, 5) is 4.96. The van der Waals surface area contributed by atoms with Gasteiger partial charge in [-0.15, -0.1) is 0 Å². The molecule has 0 atom stereocenters. The van der Waals surface area contributed by atoms with Crippen molar-refractivity contribution < 1.29 is 0 Å². The van der Waals surface area contributed by atoms with Gasteiger partial charge < -0.3 is 4.48 Å². The van der Waals surface area contributed by atoms with E-state index in [0.29, 0.717) is 0 Å². The molecule has 3 nitrogen and oxygen atoms in total. The molecule has 0 bridgehead atoms. The highest BCUT2D eigenvalue weighted by Crippen LogP contribution is 2.40. The number of rotatable bonds is 1. The summed E-state index contributed by atoms with van der Waals surface area (Å²) in [5.74, 6) is 0. The first kappa shape index (κ1) is 22.9. The van der Waals surface area contributed by atoms with E-state index in [1.807, 2.05) is 6.20 Å². The Morgan fingerprint density at radius 3 is 2.00 bits per heavy atom. The molecule has 3 aromatic heterocycles. The lowest BCUT2D eigenvalue weighted by Crippen LogP contribution is -2.53. The van der Waals surface area contributed by atoms with Crippen LogP contribution in [0.5, 0.6) is 0 Å². The zero-order valence-corrected chi connectivity index (χ0v) is 23.7. The summed E-state index contributed by atoms with van der Waals surface area (Å²) in [5.41, 5.74) is 14.0. The van der Waals surface area contributed by atoms with E-state index in [1.165, 1.54) is 87.7 Å². The van der Waals surface area contributed by atoms with Crippen LogP contribution >= 0.6 is 0 Å². The maximum absolute atomic E-state index is 4.96. The second-order valence-corrected chi connectivity index (χ2v) is 11.9. The van der Waals surface area contributed by atoms with Gasteiger partial charge in [-0.2, -0.15) is 0 Å². The van der Waals surface area contributed by atoms with E-state index in [0.717, 1.165) is 5.65 Å². The highest BCUT2D eigenvalue weighted by Gasteiger charge is 2.37. The van der Waals surface area contributed by atoms with E-state index >= 15 is 0 Å². The number of fused-ring (bicyclic) bond motifs is 10. The van der Waals surface area contributed by atoms with Gasteiger partial charge in [0, 0.05) is 44.5 Å². The second-order valence-electron chi connectivity index (χ2n) is 11.9. The maximum atomic E-state index is 4.96. The largest absolute Gasteiger partial charge is 0.375 e. The Labute approximate surface area is 238 Å². The fraction of sp³-hybridized carbons (Fsp3) is 0.108. The predicted octanol–water partition coefficient (Wildman–Crippen LogP) is 7.64. The van der Waals surface area contributed by atoms with Gasteiger partial charge in [0.15, 0.2) is 0 Å². The third-order valence-corrected chi connectivity index (χ3v) is 9.23. The number of para-hydroxylation sites is 1. The van der Waals surface area contributed by atoms with Crippen LogP contribution in [0, 0.1) is 27.7 Å². The van der Waals surface area contributed by atoms with Crippen LogP contribution in [0.3, 0.4) is 0 Å². The minimum Gasteiger partial charge on any atom is -0.375 e. The van der Waals surface area contributed by atoms with Crippen molar-refractivity contribution in [2.75, 3.05) is 0 Å². The van der Waals surface area contributed by atoms with Gasteiger partial charge in [-0.05, 0) is 90.9 Å². The van der Waals surface area contributed by atoms with Gasteiger partial charge in [-0.1, -0.05) is 71.8 Å². The highest BCUT2D eigenvalue weighted by molar-refractivity contribution is 6.88. The third-order valence-electron chi connectivity index (χ3n) is 9.23. The molecule has 4 heteroatoms. The maximum Gasteiger partial charge on any atom is 0.332 e. The van der Waals surface area contributed by atoms with E-state index < -0.39 is 0 Å². The molecule has 0 aliphatic carbocycles.